The monoisotopic (exact) mass is 357 g/mol. The summed E-state index contributed by atoms with van der Waals surface area (Å²) in [5, 5.41) is 0. The molecule has 3 heterocycles. The van der Waals surface area contributed by atoms with E-state index >= 15 is 0 Å². The second kappa shape index (κ2) is 7.76. The summed E-state index contributed by atoms with van der Waals surface area (Å²) >= 11 is 0. The first-order valence-corrected chi connectivity index (χ1v) is 9.73. The maximum absolute atomic E-state index is 12.6. The minimum absolute atomic E-state index is 0.0152. The normalized spacial score (nSPS) is 22.2. The Labute approximate surface area is 154 Å². The van der Waals surface area contributed by atoms with Crippen molar-refractivity contribution in [1.82, 2.24) is 14.7 Å². The van der Waals surface area contributed by atoms with Gasteiger partial charge < -0.3 is 14.5 Å². The molecule has 0 aliphatic carbocycles. The minimum Gasteiger partial charge on any atom is -0.378 e. The number of nitrogens with zero attached hydrogens (tertiary/aromatic N) is 3. The van der Waals surface area contributed by atoms with E-state index in [0.29, 0.717) is 43.5 Å². The van der Waals surface area contributed by atoms with Crippen LogP contribution in [0, 0.1) is 0 Å². The van der Waals surface area contributed by atoms with Crippen LogP contribution < -0.4 is 0 Å². The Kier molecular flexibility index (Phi) is 5.22. The van der Waals surface area contributed by atoms with Crippen molar-refractivity contribution in [3.05, 3.63) is 35.4 Å². The third-order valence-corrected chi connectivity index (χ3v) is 5.73. The molecule has 3 fully saturated rings. The zero-order valence-electron chi connectivity index (χ0n) is 15.2. The van der Waals surface area contributed by atoms with Gasteiger partial charge in [0, 0.05) is 43.3 Å². The van der Waals surface area contributed by atoms with Crippen molar-refractivity contribution in [3.8, 4) is 0 Å². The van der Waals surface area contributed by atoms with Crippen molar-refractivity contribution < 1.29 is 14.3 Å². The molecule has 140 valence electrons. The topological polar surface area (TPSA) is 53.1 Å². The molecule has 3 aliphatic rings. The van der Waals surface area contributed by atoms with Gasteiger partial charge in [-0.2, -0.15) is 0 Å². The number of hydrogen-bond acceptors (Lipinski definition) is 4. The number of likely N-dealkylation sites (tertiary alicyclic amines) is 2. The van der Waals surface area contributed by atoms with E-state index in [9.17, 15) is 9.59 Å². The van der Waals surface area contributed by atoms with E-state index in [1.54, 1.807) is 29.2 Å². The second-order valence-corrected chi connectivity index (χ2v) is 7.44. The Morgan fingerprint density at radius 3 is 1.88 bits per heavy atom. The first-order valence-electron chi connectivity index (χ1n) is 9.73. The van der Waals surface area contributed by atoms with Crippen LogP contribution in [0.4, 0.5) is 0 Å². The first-order chi connectivity index (χ1) is 12.7. The third kappa shape index (κ3) is 3.62. The number of hydrogen-bond donors (Lipinski definition) is 0. The summed E-state index contributed by atoms with van der Waals surface area (Å²) in [6.45, 7) is 6.44. The zero-order valence-corrected chi connectivity index (χ0v) is 15.2. The van der Waals surface area contributed by atoms with Gasteiger partial charge in [0.2, 0.25) is 0 Å². The van der Waals surface area contributed by atoms with E-state index in [2.05, 4.69) is 4.90 Å². The van der Waals surface area contributed by atoms with Crippen molar-refractivity contribution in [2.45, 2.75) is 25.3 Å². The fourth-order valence-corrected chi connectivity index (χ4v) is 4.02. The van der Waals surface area contributed by atoms with Crippen LogP contribution in [0.5, 0.6) is 0 Å². The maximum Gasteiger partial charge on any atom is 0.254 e. The Morgan fingerprint density at radius 1 is 0.769 bits per heavy atom. The van der Waals surface area contributed by atoms with Gasteiger partial charge in [-0.15, -0.1) is 0 Å². The first kappa shape index (κ1) is 17.5. The predicted octanol–water partition coefficient (Wildman–Crippen LogP) is 1.47. The average Bonchev–Trinajstić information content (AvgIpc) is 2.68. The number of piperidine rings is 1. The third-order valence-electron chi connectivity index (χ3n) is 5.73. The van der Waals surface area contributed by atoms with Crippen LogP contribution in [-0.2, 0) is 4.74 Å². The standard InChI is InChI=1S/C20H27N3O3/c24-19(22-10-12-26-13-11-22)16-4-6-17(7-5-16)20(25)23-14-18(15-23)21-8-2-1-3-9-21/h4-7,18H,1-3,8-15H2. The van der Waals surface area contributed by atoms with Gasteiger partial charge >= 0.3 is 0 Å². The van der Waals surface area contributed by atoms with Crippen molar-refractivity contribution in [3.63, 3.8) is 0 Å². The number of morpholine rings is 1. The molecule has 0 aromatic heterocycles. The van der Waals surface area contributed by atoms with Crippen LogP contribution in [0.2, 0.25) is 0 Å². The van der Waals surface area contributed by atoms with E-state index in [4.69, 9.17) is 4.74 Å². The fourth-order valence-electron chi connectivity index (χ4n) is 4.02. The van der Waals surface area contributed by atoms with Gasteiger partial charge in [0.15, 0.2) is 0 Å². The molecule has 0 radical (unpaired) electrons. The quantitative estimate of drug-likeness (QED) is 0.822. The van der Waals surface area contributed by atoms with Gasteiger partial charge in [0.05, 0.1) is 13.2 Å². The molecule has 0 atom stereocenters. The summed E-state index contributed by atoms with van der Waals surface area (Å²) in [5.74, 6) is 0.0880. The highest BCUT2D eigenvalue weighted by Gasteiger charge is 2.35. The molecule has 0 saturated carbocycles. The number of ether oxygens (including phenoxy) is 1. The van der Waals surface area contributed by atoms with Crippen LogP contribution in [-0.4, -0.2) is 85.0 Å². The molecule has 3 aliphatic heterocycles. The van der Waals surface area contributed by atoms with Crippen LogP contribution in [0.25, 0.3) is 0 Å². The minimum atomic E-state index is 0.0152. The number of carbonyl (C=O) groups excluding carboxylic acids is 2. The van der Waals surface area contributed by atoms with Crippen molar-refractivity contribution >= 4 is 11.8 Å². The molecule has 0 spiro atoms. The van der Waals surface area contributed by atoms with Crippen molar-refractivity contribution in [1.29, 1.82) is 0 Å². The molecule has 2 amide bonds. The van der Waals surface area contributed by atoms with E-state index in [1.165, 1.54) is 32.4 Å². The Balaban J connectivity index is 1.32. The van der Waals surface area contributed by atoms with Gasteiger partial charge in [0.25, 0.3) is 11.8 Å². The Bertz CT molecular complexity index is 643. The SMILES string of the molecule is O=C(c1ccc(C(=O)N2CC(N3CCCCC3)C2)cc1)N1CCOCC1. The summed E-state index contributed by atoms with van der Waals surface area (Å²) in [4.78, 5) is 31.3. The lowest BCUT2D eigenvalue weighted by Gasteiger charge is -2.46. The van der Waals surface area contributed by atoms with Crippen LogP contribution in [0.3, 0.4) is 0 Å². The van der Waals surface area contributed by atoms with Gasteiger partial charge in [0.1, 0.15) is 0 Å². The zero-order chi connectivity index (χ0) is 17.9. The molecular formula is C20H27N3O3. The Hall–Kier alpha value is -1.92. The van der Waals surface area contributed by atoms with Crippen LogP contribution >= 0.6 is 0 Å². The van der Waals surface area contributed by atoms with E-state index in [0.717, 1.165) is 13.1 Å². The lowest BCUT2D eigenvalue weighted by molar-refractivity contribution is 0.0203. The summed E-state index contributed by atoms with van der Waals surface area (Å²) in [6.07, 6.45) is 3.90. The molecule has 4 rings (SSSR count). The maximum atomic E-state index is 12.6. The molecule has 6 nitrogen and oxygen atoms in total. The highest BCUT2D eigenvalue weighted by molar-refractivity contribution is 5.98. The fraction of sp³-hybridized carbons (Fsp3) is 0.600. The molecule has 6 heteroatoms. The molecular weight excluding hydrogens is 330 g/mol. The number of benzene rings is 1. The van der Waals surface area contributed by atoms with Crippen molar-refractivity contribution in [2.75, 3.05) is 52.5 Å². The number of rotatable bonds is 3. The largest absolute Gasteiger partial charge is 0.378 e. The summed E-state index contributed by atoms with van der Waals surface area (Å²) < 4.78 is 5.29. The lowest BCUT2D eigenvalue weighted by atomic mass is 10.0. The van der Waals surface area contributed by atoms with Crippen molar-refractivity contribution in [2.24, 2.45) is 0 Å². The van der Waals surface area contributed by atoms with Crippen LogP contribution in [0.1, 0.15) is 40.0 Å². The molecule has 1 aromatic carbocycles. The van der Waals surface area contributed by atoms with E-state index in [1.807, 2.05) is 4.90 Å². The molecule has 26 heavy (non-hydrogen) atoms. The summed E-state index contributed by atoms with van der Waals surface area (Å²) in [5.41, 5.74) is 1.30. The molecule has 1 aromatic rings. The highest BCUT2D eigenvalue weighted by Crippen LogP contribution is 2.22. The molecule has 3 saturated heterocycles. The average molecular weight is 357 g/mol. The van der Waals surface area contributed by atoms with E-state index < -0.39 is 0 Å². The summed E-state index contributed by atoms with van der Waals surface area (Å²) in [6, 6.07) is 7.63. The van der Waals surface area contributed by atoms with E-state index in [-0.39, 0.29) is 11.8 Å². The van der Waals surface area contributed by atoms with Gasteiger partial charge in [-0.05, 0) is 50.2 Å². The molecule has 0 unspecified atom stereocenters. The Morgan fingerprint density at radius 2 is 1.31 bits per heavy atom. The molecule has 0 bridgehead atoms. The second-order valence-electron chi connectivity index (χ2n) is 7.44. The lowest BCUT2D eigenvalue weighted by Crippen LogP contribution is -2.61. The van der Waals surface area contributed by atoms with Gasteiger partial charge in [-0.25, -0.2) is 0 Å². The number of carbonyl (C=O) groups is 2. The smallest absolute Gasteiger partial charge is 0.254 e. The van der Waals surface area contributed by atoms with Gasteiger partial charge in [-0.3, -0.25) is 14.5 Å². The van der Waals surface area contributed by atoms with Crippen LogP contribution in [0.15, 0.2) is 24.3 Å². The van der Waals surface area contributed by atoms with Gasteiger partial charge in [-0.1, -0.05) is 6.42 Å². The number of amides is 2. The predicted molar refractivity (Wildman–Crippen MR) is 98.3 cm³/mol. The molecule has 0 N–H and O–H groups in total. The highest BCUT2D eigenvalue weighted by atomic mass is 16.5. The summed E-state index contributed by atoms with van der Waals surface area (Å²) in [7, 11) is 0.